The van der Waals surface area contributed by atoms with Crippen molar-refractivity contribution in [3.05, 3.63) is 0 Å². The average Bonchev–Trinajstić information content (AvgIpc) is 2.44. The van der Waals surface area contributed by atoms with Gasteiger partial charge in [0.1, 0.15) is 0 Å². The van der Waals surface area contributed by atoms with Crippen LogP contribution in [0.4, 0.5) is 0 Å². The summed E-state index contributed by atoms with van der Waals surface area (Å²) in [7, 11) is 0. The van der Waals surface area contributed by atoms with Crippen LogP contribution >= 0.6 is 0 Å². The van der Waals surface area contributed by atoms with Crippen molar-refractivity contribution in [3.8, 4) is 0 Å². The maximum Gasteiger partial charge on any atom is 0.0701 e. The third kappa shape index (κ3) is 14.1. The van der Waals surface area contributed by atoms with Gasteiger partial charge in [-0.3, -0.25) is 0 Å². The zero-order chi connectivity index (χ0) is 14.2. The number of hydrogen-bond donors (Lipinski definition) is 1. The van der Waals surface area contributed by atoms with Gasteiger partial charge in [0.25, 0.3) is 0 Å². The van der Waals surface area contributed by atoms with Gasteiger partial charge in [-0.15, -0.1) is 0 Å². The van der Waals surface area contributed by atoms with Crippen LogP contribution in [0.3, 0.4) is 0 Å². The fourth-order valence-corrected chi connectivity index (χ4v) is 2.23. The minimum absolute atomic E-state index is 0.0932. The summed E-state index contributed by atoms with van der Waals surface area (Å²) in [4.78, 5) is 0. The molecule has 0 amide bonds. The summed E-state index contributed by atoms with van der Waals surface area (Å²) in [6.07, 6.45) is 10.6. The third-order valence-corrected chi connectivity index (χ3v) is 3.57. The van der Waals surface area contributed by atoms with E-state index in [0.717, 1.165) is 12.5 Å². The van der Waals surface area contributed by atoms with E-state index in [-0.39, 0.29) is 6.61 Å². The summed E-state index contributed by atoms with van der Waals surface area (Å²) >= 11 is 0. The topological polar surface area (TPSA) is 38.7 Å². The molecular formula is C16H34O3. The van der Waals surface area contributed by atoms with Crippen molar-refractivity contribution in [1.82, 2.24) is 0 Å². The number of aliphatic hydroxyl groups excluding tert-OH is 1. The Bertz CT molecular complexity index is 162. The fourth-order valence-electron chi connectivity index (χ4n) is 2.23. The van der Waals surface area contributed by atoms with Gasteiger partial charge in [0, 0.05) is 6.61 Å². The maximum atomic E-state index is 8.54. The highest BCUT2D eigenvalue weighted by atomic mass is 16.5. The largest absolute Gasteiger partial charge is 0.394 e. The monoisotopic (exact) mass is 274 g/mol. The first-order chi connectivity index (χ1) is 9.35. The minimum atomic E-state index is 0.0932. The molecule has 0 spiro atoms. The quantitative estimate of drug-likeness (QED) is 0.462. The lowest BCUT2D eigenvalue weighted by Crippen LogP contribution is -2.10. The molecule has 0 fully saturated rings. The van der Waals surface area contributed by atoms with Gasteiger partial charge in [0.15, 0.2) is 0 Å². The molecule has 3 nitrogen and oxygen atoms in total. The predicted octanol–water partition coefficient (Wildman–Crippen LogP) is 3.79. The van der Waals surface area contributed by atoms with Gasteiger partial charge in [-0.2, -0.15) is 0 Å². The van der Waals surface area contributed by atoms with Crippen LogP contribution in [0.15, 0.2) is 0 Å². The van der Waals surface area contributed by atoms with Crippen LogP contribution in [0.25, 0.3) is 0 Å². The average molecular weight is 274 g/mol. The molecule has 0 bridgehead atoms. The molecule has 0 aliphatic carbocycles. The zero-order valence-electron chi connectivity index (χ0n) is 13.0. The van der Waals surface area contributed by atoms with E-state index in [1.54, 1.807) is 0 Å². The molecule has 1 N–H and O–H groups in total. The van der Waals surface area contributed by atoms with Crippen LogP contribution in [0.1, 0.15) is 65.2 Å². The summed E-state index contributed by atoms with van der Waals surface area (Å²) in [5, 5.41) is 8.54. The lowest BCUT2D eigenvalue weighted by molar-refractivity contribution is 0.0290. The van der Waals surface area contributed by atoms with Gasteiger partial charge < -0.3 is 14.6 Å². The molecule has 0 heterocycles. The number of rotatable bonds is 15. The Kier molecular flexibility index (Phi) is 15.8. The van der Waals surface area contributed by atoms with Crippen LogP contribution in [0.5, 0.6) is 0 Å². The van der Waals surface area contributed by atoms with E-state index < -0.39 is 0 Å². The van der Waals surface area contributed by atoms with Crippen molar-refractivity contribution in [2.45, 2.75) is 65.2 Å². The smallest absolute Gasteiger partial charge is 0.0701 e. The summed E-state index contributed by atoms with van der Waals surface area (Å²) in [5.74, 6) is 0.819. The van der Waals surface area contributed by atoms with E-state index in [1.807, 2.05) is 0 Å². The van der Waals surface area contributed by atoms with E-state index >= 15 is 0 Å². The summed E-state index contributed by atoms with van der Waals surface area (Å²) in [6, 6.07) is 0. The molecule has 0 saturated carbocycles. The molecule has 116 valence electrons. The molecule has 0 aromatic carbocycles. The molecule has 19 heavy (non-hydrogen) atoms. The van der Waals surface area contributed by atoms with Crippen molar-refractivity contribution in [2.75, 3.05) is 33.0 Å². The van der Waals surface area contributed by atoms with Crippen molar-refractivity contribution in [3.63, 3.8) is 0 Å². The van der Waals surface area contributed by atoms with Gasteiger partial charge in [-0.1, -0.05) is 58.8 Å². The normalized spacial score (nSPS) is 12.8. The third-order valence-electron chi connectivity index (χ3n) is 3.57. The highest BCUT2D eigenvalue weighted by Gasteiger charge is 2.05. The Labute approximate surface area is 119 Å². The standard InChI is InChI=1S/C16H34O3/c1-3-5-6-7-8-9-16(4-2)10-12-18-14-15-19-13-11-17/h16-17H,3-15H2,1-2H3. The second-order valence-electron chi connectivity index (χ2n) is 5.21. The number of hydrogen-bond acceptors (Lipinski definition) is 3. The fraction of sp³-hybridized carbons (Fsp3) is 1.00. The molecule has 3 heteroatoms. The zero-order valence-corrected chi connectivity index (χ0v) is 13.0. The van der Waals surface area contributed by atoms with Crippen LogP contribution in [-0.2, 0) is 9.47 Å². The van der Waals surface area contributed by atoms with E-state index in [9.17, 15) is 0 Å². The first-order valence-corrected chi connectivity index (χ1v) is 8.11. The number of unbranched alkanes of at least 4 members (excludes halogenated alkanes) is 4. The van der Waals surface area contributed by atoms with Crippen LogP contribution in [0.2, 0.25) is 0 Å². The second-order valence-corrected chi connectivity index (χ2v) is 5.21. The van der Waals surface area contributed by atoms with Gasteiger partial charge in [-0.05, 0) is 12.3 Å². The Morgan fingerprint density at radius 2 is 1.47 bits per heavy atom. The van der Waals surface area contributed by atoms with Crippen LogP contribution in [0, 0.1) is 5.92 Å². The molecule has 0 radical (unpaired) electrons. The highest BCUT2D eigenvalue weighted by molar-refractivity contribution is 4.58. The molecule has 0 rings (SSSR count). The van der Waals surface area contributed by atoms with Crippen molar-refractivity contribution in [1.29, 1.82) is 0 Å². The van der Waals surface area contributed by atoms with Gasteiger partial charge in [-0.25, -0.2) is 0 Å². The van der Waals surface area contributed by atoms with Crippen molar-refractivity contribution < 1.29 is 14.6 Å². The van der Waals surface area contributed by atoms with E-state index in [0.29, 0.717) is 19.8 Å². The van der Waals surface area contributed by atoms with Crippen molar-refractivity contribution >= 4 is 0 Å². The van der Waals surface area contributed by atoms with Gasteiger partial charge in [0.2, 0.25) is 0 Å². The van der Waals surface area contributed by atoms with E-state index in [1.165, 1.54) is 51.4 Å². The van der Waals surface area contributed by atoms with Crippen LogP contribution < -0.4 is 0 Å². The Hall–Kier alpha value is -0.120. The Balaban J connectivity index is 3.29. The lowest BCUT2D eigenvalue weighted by atomic mass is 9.95. The molecule has 1 atom stereocenters. The highest BCUT2D eigenvalue weighted by Crippen LogP contribution is 2.18. The Morgan fingerprint density at radius 1 is 0.789 bits per heavy atom. The predicted molar refractivity (Wildman–Crippen MR) is 80.5 cm³/mol. The Morgan fingerprint density at radius 3 is 2.11 bits per heavy atom. The maximum absolute atomic E-state index is 8.54. The van der Waals surface area contributed by atoms with E-state index in [2.05, 4.69) is 13.8 Å². The molecule has 0 saturated heterocycles. The number of ether oxygens (including phenoxy) is 2. The molecule has 1 unspecified atom stereocenters. The minimum Gasteiger partial charge on any atom is -0.394 e. The molecule has 0 aromatic heterocycles. The number of aliphatic hydroxyl groups is 1. The summed E-state index contributed by atoms with van der Waals surface area (Å²) in [5.41, 5.74) is 0. The second kappa shape index (κ2) is 15.9. The van der Waals surface area contributed by atoms with Gasteiger partial charge in [0.05, 0.1) is 26.4 Å². The SMILES string of the molecule is CCCCCCCC(CC)CCOCCOCCO. The van der Waals surface area contributed by atoms with Gasteiger partial charge >= 0.3 is 0 Å². The lowest BCUT2D eigenvalue weighted by Gasteiger charge is -2.14. The molecule has 0 aliphatic heterocycles. The summed E-state index contributed by atoms with van der Waals surface area (Å²) < 4.78 is 10.7. The van der Waals surface area contributed by atoms with E-state index in [4.69, 9.17) is 14.6 Å². The molecular weight excluding hydrogens is 240 g/mol. The van der Waals surface area contributed by atoms with Crippen LogP contribution in [-0.4, -0.2) is 38.1 Å². The first kappa shape index (κ1) is 18.9. The first-order valence-electron chi connectivity index (χ1n) is 8.11. The van der Waals surface area contributed by atoms with Crippen molar-refractivity contribution in [2.24, 2.45) is 5.92 Å². The molecule has 0 aliphatic rings. The molecule has 0 aromatic rings. The summed E-state index contributed by atoms with van der Waals surface area (Å²) in [6.45, 7) is 7.13.